The number of benzene rings is 2. The Kier molecular flexibility index (Phi) is 6.39. The summed E-state index contributed by atoms with van der Waals surface area (Å²) in [4.78, 5) is 20.6. The number of nitrogens with zero attached hydrogens (tertiary/aromatic N) is 2. The maximum atomic E-state index is 13.7. The van der Waals surface area contributed by atoms with E-state index < -0.39 is 22.7 Å². The quantitative estimate of drug-likeness (QED) is 0.258. The summed E-state index contributed by atoms with van der Waals surface area (Å²) in [6.45, 7) is 1.55. The van der Waals surface area contributed by atoms with Crippen molar-refractivity contribution in [1.82, 2.24) is 9.97 Å². The van der Waals surface area contributed by atoms with Crippen LogP contribution in [0.3, 0.4) is 0 Å². The Morgan fingerprint density at radius 3 is 2.74 bits per heavy atom. The summed E-state index contributed by atoms with van der Waals surface area (Å²) in [5, 5.41) is 0.511. The Labute approximate surface area is 222 Å². The van der Waals surface area contributed by atoms with Gasteiger partial charge in [-0.3, -0.25) is 9.78 Å². The Bertz CT molecular complexity index is 1540. The van der Waals surface area contributed by atoms with Crippen molar-refractivity contribution in [1.29, 1.82) is 0 Å². The minimum Gasteiger partial charge on any atom is -0.483 e. The van der Waals surface area contributed by atoms with Gasteiger partial charge in [0, 0.05) is 42.3 Å². The molecule has 0 N–H and O–H groups in total. The molecule has 0 amide bonds. The van der Waals surface area contributed by atoms with Gasteiger partial charge in [0.15, 0.2) is 28.6 Å². The van der Waals surface area contributed by atoms with Gasteiger partial charge in [-0.2, -0.15) is 0 Å². The van der Waals surface area contributed by atoms with Crippen LogP contribution in [0.2, 0.25) is 0 Å². The molecular weight excluding hydrogens is 510 g/mol. The summed E-state index contributed by atoms with van der Waals surface area (Å²) in [6, 6.07) is 15.3. The number of hydrogen-bond donors (Lipinski definition) is 0. The van der Waals surface area contributed by atoms with E-state index in [-0.39, 0.29) is 12.6 Å². The first-order chi connectivity index (χ1) is 18.4. The molecule has 194 valence electrons. The second-order valence-electron chi connectivity index (χ2n) is 9.56. The van der Waals surface area contributed by atoms with Gasteiger partial charge in [-0.1, -0.05) is 24.3 Å². The van der Waals surface area contributed by atoms with Crippen molar-refractivity contribution in [3.63, 3.8) is 0 Å². The minimum absolute atomic E-state index is 0.118. The summed E-state index contributed by atoms with van der Waals surface area (Å²) >= 11 is 1.56. The zero-order valence-electron chi connectivity index (χ0n) is 20.6. The number of carbonyl (C=O) groups excluding carboxylic acids is 1. The fourth-order valence-corrected chi connectivity index (χ4v) is 5.92. The third-order valence-corrected chi connectivity index (χ3v) is 7.96. The van der Waals surface area contributed by atoms with Crippen LogP contribution in [0.5, 0.6) is 11.5 Å². The lowest BCUT2D eigenvalue weighted by Crippen LogP contribution is -2.22. The minimum atomic E-state index is -0.941. The van der Waals surface area contributed by atoms with E-state index in [0.717, 1.165) is 41.8 Å². The number of para-hydroxylation sites is 1. The molecule has 0 spiro atoms. The molecule has 38 heavy (non-hydrogen) atoms. The highest BCUT2D eigenvalue weighted by Gasteiger charge is 2.47. The van der Waals surface area contributed by atoms with Gasteiger partial charge in [-0.05, 0) is 42.7 Å². The first kappa shape index (κ1) is 24.6. The largest absolute Gasteiger partial charge is 0.483 e. The summed E-state index contributed by atoms with van der Waals surface area (Å²) in [6.07, 6.45) is 4.05. The molecule has 2 aromatic heterocycles. The predicted molar refractivity (Wildman–Crippen MR) is 139 cm³/mol. The number of halogens is 2. The molecule has 3 heterocycles. The average Bonchev–Trinajstić information content (AvgIpc) is 3.68. The second kappa shape index (κ2) is 9.87. The molecule has 0 bridgehead atoms. The average molecular weight is 535 g/mol. The Balaban J connectivity index is 1.25. The fourth-order valence-electron chi connectivity index (χ4n) is 4.58. The monoisotopic (exact) mass is 534 g/mol. The number of esters is 1. The van der Waals surface area contributed by atoms with Crippen molar-refractivity contribution in [3.8, 4) is 11.5 Å². The smallest absolute Gasteiger partial charge is 0.303 e. The lowest BCUT2D eigenvalue weighted by atomic mass is 10.0. The Morgan fingerprint density at radius 2 is 1.92 bits per heavy atom. The van der Waals surface area contributed by atoms with Crippen molar-refractivity contribution >= 4 is 28.6 Å². The molecule has 1 saturated carbocycles. The highest BCUT2D eigenvalue weighted by Crippen LogP contribution is 2.48. The molecule has 4 aromatic rings. The van der Waals surface area contributed by atoms with Gasteiger partial charge in [-0.15, -0.1) is 11.8 Å². The van der Waals surface area contributed by atoms with Gasteiger partial charge in [0.2, 0.25) is 0 Å². The molecule has 0 radical (unpaired) electrons. The maximum Gasteiger partial charge on any atom is 0.303 e. The molecule has 1 aliphatic carbocycles. The van der Waals surface area contributed by atoms with E-state index in [1.54, 1.807) is 30.1 Å². The summed E-state index contributed by atoms with van der Waals surface area (Å²) in [5.41, 5.74) is 2.93. The van der Waals surface area contributed by atoms with Gasteiger partial charge >= 0.3 is 5.97 Å². The van der Waals surface area contributed by atoms with Crippen LogP contribution in [0.1, 0.15) is 47.7 Å². The van der Waals surface area contributed by atoms with Crippen molar-refractivity contribution < 1.29 is 27.8 Å². The van der Waals surface area contributed by atoms with Gasteiger partial charge < -0.3 is 14.2 Å². The van der Waals surface area contributed by atoms with Crippen LogP contribution in [0.4, 0.5) is 8.78 Å². The molecule has 9 heteroatoms. The maximum absolute atomic E-state index is 13.7. The number of carbonyl (C=O) groups is 1. The normalized spacial score (nSPS) is 17.1. The van der Waals surface area contributed by atoms with Gasteiger partial charge in [-0.25, -0.2) is 13.8 Å². The molecule has 1 atom stereocenters. The van der Waals surface area contributed by atoms with Crippen LogP contribution >= 0.6 is 11.8 Å². The highest BCUT2D eigenvalue weighted by molar-refractivity contribution is 7.99. The van der Waals surface area contributed by atoms with Gasteiger partial charge in [0.05, 0.1) is 16.9 Å². The van der Waals surface area contributed by atoms with Crippen LogP contribution in [0.25, 0.3) is 10.9 Å². The van der Waals surface area contributed by atoms with E-state index in [2.05, 4.69) is 9.97 Å². The van der Waals surface area contributed by atoms with Crippen LogP contribution in [0.15, 0.2) is 60.8 Å². The number of thioether (sulfide) groups is 1. The standard InChI is InChI=1S/C29H24F2N2O4S/c1-17(34)37-29(9-10-29)16-38-28-26-19(5-3-11-32-26)12-20-4-2-6-25(27(20)36-28)35-15-21-8-7-18-13-22(30)23(31)14-24(18)33-21/h2-8,11,13-14,28H,9-10,12,15-16H2,1H3. The third-order valence-electron chi connectivity index (χ3n) is 6.65. The SMILES string of the molecule is CC(=O)OC1(CSC2Oc3c(cccc3OCc3ccc4cc(F)c(F)cc4n3)Cc3cccnc32)CC1. The van der Waals surface area contributed by atoms with E-state index in [0.29, 0.717) is 40.3 Å². The zero-order valence-corrected chi connectivity index (χ0v) is 21.4. The van der Waals surface area contributed by atoms with Crippen LogP contribution in [0, 0.1) is 11.6 Å². The molecule has 1 aliphatic heterocycles. The molecule has 6 nitrogen and oxygen atoms in total. The second-order valence-corrected chi connectivity index (χ2v) is 10.6. The number of hydrogen-bond acceptors (Lipinski definition) is 7. The molecular formula is C29H24F2N2O4S. The van der Waals surface area contributed by atoms with Crippen molar-refractivity contribution in [2.24, 2.45) is 0 Å². The summed E-state index contributed by atoms with van der Waals surface area (Å²) < 4.78 is 45.5. The Hall–Kier alpha value is -3.72. The lowest BCUT2D eigenvalue weighted by Gasteiger charge is -2.22. The topological polar surface area (TPSA) is 70.5 Å². The van der Waals surface area contributed by atoms with Gasteiger partial charge in [0.25, 0.3) is 0 Å². The zero-order chi connectivity index (χ0) is 26.3. The van der Waals surface area contributed by atoms with E-state index in [1.165, 1.54) is 6.92 Å². The number of fused-ring (bicyclic) bond motifs is 3. The number of pyridine rings is 2. The van der Waals surface area contributed by atoms with E-state index in [1.807, 2.05) is 30.3 Å². The van der Waals surface area contributed by atoms with Crippen LogP contribution in [-0.2, 0) is 22.6 Å². The molecule has 2 aromatic carbocycles. The van der Waals surface area contributed by atoms with Gasteiger partial charge in [0.1, 0.15) is 12.2 Å². The van der Waals surface area contributed by atoms with Crippen molar-refractivity contribution in [2.45, 2.75) is 43.8 Å². The summed E-state index contributed by atoms with van der Waals surface area (Å²) in [5.74, 6) is -0.355. The molecule has 1 fully saturated rings. The van der Waals surface area contributed by atoms with Crippen LogP contribution < -0.4 is 9.47 Å². The Morgan fingerprint density at radius 1 is 1.11 bits per heavy atom. The van der Waals surface area contributed by atoms with Crippen molar-refractivity contribution in [2.75, 3.05) is 5.75 Å². The third kappa shape index (κ3) is 5.03. The van der Waals surface area contributed by atoms with E-state index in [4.69, 9.17) is 14.2 Å². The first-order valence-corrected chi connectivity index (χ1v) is 13.3. The fraction of sp³-hybridized carbons (Fsp3) is 0.276. The summed E-state index contributed by atoms with van der Waals surface area (Å²) in [7, 11) is 0. The number of aromatic nitrogens is 2. The first-order valence-electron chi connectivity index (χ1n) is 12.3. The highest BCUT2D eigenvalue weighted by atomic mass is 32.2. The predicted octanol–water partition coefficient (Wildman–Crippen LogP) is 6.30. The van der Waals surface area contributed by atoms with Crippen LogP contribution in [-0.4, -0.2) is 27.3 Å². The lowest BCUT2D eigenvalue weighted by molar-refractivity contribution is -0.147. The number of ether oxygens (including phenoxy) is 3. The molecule has 0 saturated heterocycles. The van der Waals surface area contributed by atoms with E-state index in [9.17, 15) is 13.6 Å². The van der Waals surface area contributed by atoms with Crippen molar-refractivity contribution in [3.05, 3.63) is 94.9 Å². The molecule has 6 rings (SSSR count). The molecule has 2 aliphatic rings. The molecule has 1 unspecified atom stereocenters. The van der Waals surface area contributed by atoms with E-state index >= 15 is 0 Å². The number of rotatable bonds is 7.